The standard InChI is InChI=1S/C18H31N5O3S.HI/c1-3-19-18(20-10-7-11-21-27(25,26)4-2)23-14-12-22(13-15-23)16-8-5-6-9-17(16)24;/h5-6,8-9,21,24H,3-4,7,10-15H2,1-2H3,(H,19,20);1H. The number of phenols is 1. The highest BCUT2D eigenvalue weighted by atomic mass is 127. The van der Waals surface area contributed by atoms with Crippen LogP contribution >= 0.6 is 24.0 Å². The van der Waals surface area contributed by atoms with Gasteiger partial charge in [-0.15, -0.1) is 24.0 Å². The Morgan fingerprint density at radius 3 is 2.46 bits per heavy atom. The molecule has 1 aliphatic heterocycles. The van der Waals surface area contributed by atoms with Crippen molar-refractivity contribution in [1.82, 2.24) is 14.9 Å². The highest BCUT2D eigenvalue weighted by Crippen LogP contribution is 2.27. The lowest BCUT2D eigenvalue weighted by Crippen LogP contribution is -2.52. The first kappa shape index (κ1) is 24.8. The Balaban J connectivity index is 0.00000392. The van der Waals surface area contributed by atoms with E-state index in [-0.39, 0.29) is 29.7 Å². The van der Waals surface area contributed by atoms with E-state index >= 15 is 0 Å². The maximum Gasteiger partial charge on any atom is 0.211 e. The van der Waals surface area contributed by atoms with Crippen LogP contribution in [0.2, 0.25) is 0 Å². The number of hydrogen-bond acceptors (Lipinski definition) is 5. The number of halogens is 1. The second-order valence-electron chi connectivity index (χ2n) is 6.35. The summed E-state index contributed by atoms with van der Waals surface area (Å²) in [6.07, 6.45) is 0.659. The van der Waals surface area contributed by atoms with Crippen LogP contribution in [0.5, 0.6) is 5.75 Å². The van der Waals surface area contributed by atoms with Crippen LogP contribution in [-0.4, -0.2) is 75.9 Å². The number of aromatic hydroxyl groups is 1. The number of nitrogens with one attached hydrogen (secondary N) is 2. The van der Waals surface area contributed by atoms with E-state index in [9.17, 15) is 13.5 Å². The van der Waals surface area contributed by atoms with E-state index in [0.717, 1.165) is 44.4 Å². The molecule has 1 fully saturated rings. The van der Waals surface area contributed by atoms with Crippen molar-refractivity contribution < 1.29 is 13.5 Å². The molecule has 0 aromatic heterocycles. The minimum absolute atomic E-state index is 0. The van der Waals surface area contributed by atoms with E-state index in [1.807, 2.05) is 25.1 Å². The summed E-state index contributed by atoms with van der Waals surface area (Å²) in [5, 5.41) is 13.3. The van der Waals surface area contributed by atoms with Crippen molar-refractivity contribution in [3.05, 3.63) is 24.3 Å². The first-order chi connectivity index (χ1) is 13.0. The normalized spacial score (nSPS) is 15.3. The Kier molecular flexibility index (Phi) is 10.9. The second kappa shape index (κ2) is 12.3. The largest absolute Gasteiger partial charge is 0.506 e. The molecule has 0 atom stereocenters. The van der Waals surface area contributed by atoms with Gasteiger partial charge in [0.15, 0.2) is 5.96 Å². The van der Waals surface area contributed by atoms with Crippen molar-refractivity contribution >= 4 is 45.6 Å². The molecule has 28 heavy (non-hydrogen) atoms. The first-order valence-electron chi connectivity index (χ1n) is 9.50. The predicted molar refractivity (Wildman–Crippen MR) is 125 cm³/mol. The third kappa shape index (κ3) is 7.63. The zero-order valence-electron chi connectivity index (χ0n) is 16.6. The summed E-state index contributed by atoms with van der Waals surface area (Å²) in [5.41, 5.74) is 0.863. The summed E-state index contributed by atoms with van der Waals surface area (Å²) >= 11 is 0. The molecule has 2 rings (SSSR count). The number of guanidine groups is 1. The molecule has 0 amide bonds. The number of anilines is 1. The van der Waals surface area contributed by atoms with Crippen LogP contribution in [0.1, 0.15) is 20.3 Å². The Hall–Kier alpha value is -1.27. The summed E-state index contributed by atoms with van der Waals surface area (Å²) in [7, 11) is -3.14. The third-order valence-corrected chi connectivity index (χ3v) is 5.84. The molecule has 1 aromatic rings. The summed E-state index contributed by atoms with van der Waals surface area (Å²) < 4.78 is 25.4. The lowest BCUT2D eigenvalue weighted by atomic mass is 10.2. The van der Waals surface area contributed by atoms with E-state index in [0.29, 0.717) is 25.3 Å². The fourth-order valence-electron chi connectivity index (χ4n) is 2.91. The van der Waals surface area contributed by atoms with Crippen LogP contribution in [0, 0.1) is 0 Å². The molecular weight excluding hydrogens is 493 g/mol. The number of hydrogen-bond donors (Lipinski definition) is 3. The molecule has 1 aromatic carbocycles. The van der Waals surface area contributed by atoms with Crippen molar-refractivity contribution in [2.45, 2.75) is 20.3 Å². The molecule has 0 saturated carbocycles. The van der Waals surface area contributed by atoms with E-state index in [4.69, 9.17) is 0 Å². The topological polar surface area (TPSA) is 97.3 Å². The van der Waals surface area contributed by atoms with Crippen molar-refractivity contribution in [2.24, 2.45) is 4.99 Å². The quantitative estimate of drug-likeness (QED) is 0.206. The van der Waals surface area contributed by atoms with Gasteiger partial charge >= 0.3 is 0 Å². The smallest absolute Gasteiger partial charge is 0.211 e. The number of para-hydroxylation sites is 2. The van der Waals surface area contributed by atoms with Gasteiger partial charge in [0.1, 0.15) is 5.75 Å². The van der Waals surface area contributed by atoms with Crippen LogP contribution in [0.25, 0.3) is 0 Å². The molecule has 1 saturated heterocycles. The molecule has 160 valence electrons. The lowest BCUT2D eigenvalue weighted by Gasteiger charge is -2.37. The van der Waals surface area contributed by atoms with Crippen molar-refractivity contribution in [2.75, 3.05) is 56.5 Å². The van der Waals surface area contributed by atoms with Gasteiger partial charge in [-0.3, -0.25) is 4.99 Å². The summed E-state index contributed by atoms with van der Waals surface area (Å²) in [5.74, 6) is 1.26. The molecule has 0 unspecified atom stereocenters. The second-order valence-corrected chi connectivity index (χ2v) is 8.45. The minimum atomic E-state index is -3.14. The molecule has 3 N–H and O–H groups in total. The average molecular weight is 525 g/mol. The number of aliphatic imine (C=N–C) groups is 1. The molecular formula is C18H32IN5O3S. The van der Waals surface area contributed by atoms with Crippen molar-refractivity contribution in [3.8, 4) is 5.75 Å². The Morgan fingerprint density at radius 2 is 1.86 bits per heavy atom. The molecule has 1 aliphatic rings. The van der Waals surface area contributed by atoms with Gasteiger partial charge in [0, 0.05) is 45.8 Å². The van der Waals surface area contributed by atoms with Gasteiger partial charge in [-0.1, -0.05) is 12.1 Å². The predicted octanol–water partition coefficient (Wildman–Crippen LogP) is 1.43. The number of rotatable bonds is 8. The van der Waals surface area contributed by atoms with E-state index in [2.05, 4.69) is 24.8 Å². The monoisotopic (exact) mass is 525 g/mol. The SMILES string of the molecule is CCNC(=NCCCNS(=O)(=O)CC)N1CCN(c2ccccc2O)CC1.I. The summed E-state index contributed by atoms with van der Waals surface area (Å²) in [6.45, 7) is 8.62. The van der Waals surface area contributed by atoms with Gasteiger partial charge in [0.05, 0.1) is 11.4 Å². The molecule has 1 heterocycles. The van der Waals surface area contributed by atoms with Gasteiger partial charge in [-0.2, -0.15) is 0 Å². The van der Waals surface area contributed by atoms with Gasteiger partial charge in [0.2, 0.25) is 10.0 Å². The van der Waals surface area contributed by atoms with E-state index in [1.165, 1.54) is 0 Å². The van der Waals surface area contributed by atoms with Crippen molar-refractivity contribution in [1.29, 1.82) is 0 Å². The fraction of sp³-hybridized carbons (Fsp3) is 0.611. The van der Waals surface area contributed by atoms with Crippen LogP contribution in [0.3, 0.4) is 0 Å². The van der Waals surface area contributed by atoms with Crippen LogP contribution < -0.4 is 14.9 Å². The molecule has 8 nitrogen and oxygen atoms in total. The number of sulfonamides is 1. The highest BCUT2D eigenvalue weighted by molar-refractivity contribution is 14.0. The van der Waals surface area contributed by atoms with Crippen LogP contribution in [-0.2, 0) is 10.0 Å². The Bertz CT molecular complexity index is 722. The Labute approximate surface area is 185 Å². The number of piperazine rings is 1. The van der Waals surface area contributed by atoms with E-state index < -0.39 is 10.0 Å². The maximum atomic E-state index is 11.4. The minimum Gasteiger partial charge on any atom is -0.506 e. The third-order valence-electron chi connectivity index (χ3n) is 4.43. The first-order valence-corrected chi connectivity index (χ1v) is 11.2. The summed E-state index contributed by atoms with van der Waals surface area (Å²) in [4.78, 5) is 9.01. The fourth-order valence-corrected chi connectivity index (χ4v) is 3.57. The van der Waals surface area contributed by atoms with Gasteiger partial charge in [0.25, 0.3) is 0 Å². The molecule has 0 bridgehead atoms. The van der Waals surface area contributed by atoms with E-state index in [1.54, 1.807) is 13.0 Å². The van der Waals surface area contributed by atoms with Gasteiger partial charge in [-0.25, -0.2) is 13.1 Å². The van der Waals surface area contributed by atoms with Crippen LogP contribution in [0.15, 0.2) is 29.3 Å². The zero-order valence-corrected chi connectivity index (χ0v) is 19.7. The zero-order chi connectivity index (χ0) is 19.7. The lowest BCUT2D eigenvalue weighted by molar-refractivity contribution is 0.370. The molecule has 0 spiro atoms. The maximum absolute atomic E-state index is 11.4. The number of nitrogens with zero attached hydrogens (tertiary/aromatic N) is 3. The molecule has 0 aliphatic carbocycles. The van der Waals surface area contributed by atoms with Gasteiger partial charge in [-0.05, 0) is 32.4 Å². The average Bonchev–Trinajstić information content (AvgIpc) is 2.67. The van der Waals surface area contributed by atoms with Crippen molar-refractivity contribution in [3.63, 3.8) is 0 Å². The van der Waals surface area contributed by atoms with Gasteiger partial charge < -0.3 is 20.2 Å². The number of benzene rings is 1. The van der Waals surface area contributed by atoms with Crippen LogP contribution in [0.4, 0.5) is 5.69 Å². The molecule has 10 heteroatoms. The summed E-state index contributed by atoms with van der Waals surface area (Å²) in [6, 6.07) is 7.40. The Morgan fingerprint density at radius 1 is 1.18 bits per heavy atom. The highest BCUT2D eigenvalue weighted by Gasteiger charge is 2.21. The molecule has 0 radical (unpaired) electrons. The number of phenolic OH excluding ortho intramolecular Hbond substituents is 1.